The Morgan fingerprint density at radius 3 is 2.33 bits per heavy atom. The van der Waals surface area contributed by atoms with Crippen LogP contribution in [-0.2, 0) is 11.0 Å². The Kier molecular flexibility index (Phi) is 8.90. The van der Waals surface area contributed by atoms with Crippen LogP contribution in [0.15, 0.2) is 24.3 Å². The second-order valence-corrected chi connectivity index (χ2v) is 7.07. The zero-order valence-corrected chi connectivity index (χ0v) is 16.5. The molecule has 1 heterocycles. The molecule has 0 saturated carbocycles. The van der Waals surface area contributed by atoms with Crippen LogP contribution in [0.3, 0.4) is 0 Å². The van der Waals surface area contributed by atoms with E-state index in [1.807, 2.05) is 6.26 Å². The largest absolute Gasteiger partial charge is 0.416 e. The lowest BCUT2D eigenvalue weighted by atomic mass is 10.1. The van der Waals surface area contributed by atoms with Crippen molar-refractivity contribution in [1.29, 1.82) is 0 Å². The van der Waals surface area contributed by atoms with Gasteiger partial charge in [0.05, 0.1) is 11.6 Å². The number of piperazine rings is 1. The van der Waals surface area contributed by atoms with Crippen LogP contribution >= 0.6 is 24.2 Å². The number of hydrogen-bond acceptors (Lipinski definition) is 4. The number of hydrogen-bond donors (Lipinski definition) is 1. The molecule has 1 aromatic rings. The molecule has 152 valence electrons. The summed E-state index contributed by atoms with van der Waals surface area (Å²) < 4.78 is 38.4. The fraction of sp³-hybridized carbons (Fsp3) is 0.529. The van der Waals surface area contributed by atoms with Gasteiger partial charge in [-0.05, 0) is 36.6 Å². The van der Waals surface area contributed by atoms with Crippen molar-refractivity contribution < 1.29 is 22.8 Å². The zero-order chi connectivity index (χ0) is 19.3. The number of nitrogens with two attached hydrogens (primary N) is 1. The molecule has 27 heavy (non-hydrogen) atoms. The van der Waals surface area contributed by atoms with E-state index >= 15 is 0 Å². The molecule has 1 aromatic carbocycles. The molecule has 2 rings (SSSR count). The van der Waals surface area contributed by atoms with Crippen molar-refractivity contribution in [2.75, 3.05) is 38.2 Å². The number of rotatable bonds is 5. The average molecular weight is 426 g/mol. The first-order chi connectivity index (χ1) is 12.2. The minimum atomic E-state index is -4.49. The lowest BCUT2D eigenvalue weighted by Gasteiger charge is -2.36. The fourth-order valence-electron chi connectivity index (χ4n) is 2.74. The second-order valence-electron chi connectivity index (χ2n) is 6.08. The van der Waals surface area contributed by atoms with Crippen LogP contribution in [0.1, 0.15) is 22.3 Å². The topological polar surface area (TPSA) is 66.6 Å². The highest BCUT2D eigenvalue weighted by molar-refractivity contribution is 7.98. The van der Waals surface area contributed by atoms with Gasteiger partial charge in [-0.2, -0.15) is 24.9 Å². The quantitative estimate of drug-likeness (QED) is 0.787. The van der Waals surface area contributed by atoms with Crippen LogP contribution in [0.2, 0.25) is 0 Å². The molecule has 0 aliphatic carbocycles. The predicted octanol–water partition coefficient (Wildman–Crippen LogP) is 2.49. The fourth-order valence-corrected chi connectivity index (χ4v) is 3.23. The molecule has 0 radical (unpaired) electrons. The smallest absolute Gasteiger partial charge is 0.338 e. The first-order valence-electron chi connectivity index (χ1n) is 8.24. The maximum Gasteiger partial charge on any atom is 0.416 e. The Labute approximate surface area is 166 Å². The molecule has 2 N–H and O–H groups in total. The van der Waals surface area contributed by atoms with Crippen molar-refractivity contribution in [2.45, 2.75) is 18.6 Å². The zero-order valence-electron chi connectivity index (χ0n) is 14.9. The van der Waals surface area contributed by atoms with Gasteiger partial charge in [0.25, 0.3) is 5.91 Å². The summed E-state index contributed by atoms with van der Waals surface area (Å²) in [6, 6.07) is 3.82. The molecule has 2 amide bonds. The third kappa shape index (κ3) is 6.29. The molecule has 10 heteroatoms. The Morgan fingerprint density at radius 1 is 1.19 bits per heavy atom. The van der Waals surface area contributed by atoms with Gasteiger partial charge in [0.15, 0.2) is 0 Å². The monoisotopic (exact) mass is 425 g/mol. The summed E-state index contributed by atoms with van der Waals surface area (Å²) in [5.74, 6) is 0.182. The standard InChI is InChI=1S/C17H22F3N3O2S.ClH/c1-26-10-5-14(21)16(25)23-8-6-22(7-9-23)15(24)12-3-2-4-13(11-12)17(18,19)20;/h2-4,11,14H,5-10,21H2,1H3;1H. The van der Waals surface area contributed by atoms with E-state index in [-0.39, 0.29) is 37.0 Å². The van der Waals surface area contributed by atoms with E-state index in [9.17, 15) is 22.8 Å². The van der Waals surface area contributed by atoms with Gasteiger partial charge >= 0.3 is 6.18 Å². The number of benzene rings is 1. The number of alkyl halides is 3. The van der Waals surface area contributed by atoms with Gasteiger partial charge < -0.3 is 15.5 Å². The number of halogens is 4. The summed E-state index contributed by atoms with van der Waals surface area (Å²) in [5.41, 5.74) is 5.03. The molecule has 0 spiro atoms. The highest BCUT2D eigenvalue weighted by Crippen LogP contribution is 2.29. The Balaban J connectivity index is 0.00000364. The first kappa shape index (κ1) is 23.6. The van der Waals surface area contributed by atoms with Crippen LogP contribution < -0.4 is 5.73 Å². The molecule has 1 aliphatic rings. The summed E-state index contributed by atoms with van der Waals surface area (Å²) in [7, 11) is 0. The SMILES string of the molecule is CSCCC(N)C(=O)N1CCN(C(=O)c2cccc(C(F)(F)F)c2)CC1.Cl. The van der Waals surface area contributed by atoms with Gasteiger partial charge in [-0.1, -0.05) is 6.07 Å². The summed E-state index contributed by atoms with van der Waals surface area (Å²) in [4.78, 5) is 27.8. The highest BCUT2D eigenvalue weighted by atomic mass is 35.5. The lowest BCUT2D eigenvalue weighted by molar-refractivity contribution is -0.137. The number of carbonyl (C=O) groups excluding carboxylic acids is 2. The molecule has 1 saturated heterocycles. The molecule has 1 atom stereocenters. The van der Waals surface area contributed by atoms with E-state index in [1.165, 1.54) is 17.0 Å². The van der Waals surface area contributed by atoms with E-state index in [0.717, 1.165) is 17.9 Å². The van der Waals surface area contributed by atoms with Crippen molar-refractivity contribution in [3.63, 3.8) is 0 Å². The summed E-state index contributed by atoms with van der Waals surface area (Å²) in [5, 5.41) is 0. The van der Waals surface area contributed by atoms with E-state index < -0.39 is 23.7 Å². The van der Waals surface area contributed by atoms with Crippen molar-refractivity contribution in [3.05, 3.63) is 35.4 Å². The normalized spacial score (nSPS) is 15.9. The van der Waals surface area contributed by atoms with Gasteiger partial charge in [-0.25, -0.2) is 0 Å². The van der Waals surface area contributed by atoms with E-state index in [1.54, 1.807) is 16.7 Å². The maximum absolute atomic E-state index is 12.8. The van der Waals surface area contributed by atoms with Crippen LogP contribution in [-0.4, -0.2) is 65.8 Å². The van der Waals surface area contributed by atoms with Crippen molar-refractivity contribution in [2.24, 2.45) is 5.73 Å². The van der Waals surface area contributed by atoms with Gasteiger partial charge in [0.1, 0.15) is 0 Å². The minimum absolute atomic E-state index is 0. The molecule has 1 fully saturated rings. The summed E-state index contributed by atoms with van der Waals surface area (Å²) in [6.45, 7) is 1.21. The Hall–Kier alpha value is -1.45. The van der Waals surface area contributed by atoms with E-state index in [0.29, 0.717) is 19.5 Å². The third-order valence-corrected chi connectivity index (χ3v) is 4.91. The predicted molar refractivity (Wildman–Crippen MR) is 102 cm³/mol. The Morgan fingerprint density at radius 2 is 1.78 bits per heavy atom. The van der Waals surface area contributed by atoms with Crippen LogP contribution in [0.4, 0.5) is 13.2 Å². The van der Waals surface area contributed by atoms with E-state index in [4.69, 9.17) is 5.73 Å². The highest BCUT2D eigenvalue weighted by Gasteiger charge is 2.32. The Bertz CT molecular complexity index is 653. The lowest BCUT2D eigenvalue weighted by Crippen LogP contribution is -2.54. The summed E-state index contributed by atoms with van der Waals surface area (Å²) >= 11 is 1.62. The molecule has 1 unspecified atom stereocenters. The molecule has 0 aromatic heterocycles. The molecular formula is C17H23ClF3N3O2S. The third-order valence-electron chi connectivity index (χ3n) is 4.27. The van der Waals surface area contributed by atoms with Crippen molar-refractivity contribution in [1.82, 2.24) is 9.80 Å². The number of amides is 2. The number of nitrogens with zero attached hydrogens (tertiary/aromatic N) is 2. The molecular weight excluding hydrogens is 403 g/mol. The number of carbonyl (C=O) groups is 2. The summed E-state index contributed by atoms with van der Waals surface area (Å²) in [6.07, 6.45) is -1.97. The number of thioether (sulfide) groups is 1. The first-order valence-corrected chi connectivity index (χ1v) is 9.63. The van der Waals surface area contributed by atoms with Gasteiger partial charge in [-0.15, -0.1) is 12.4 Å². The van der Waals surface area contributed by atoms with Gasteiger partial charge in [0, 0.05) is 31.7 Å². The van der Waals surface area contributed by atoms with Crippen molar-refractivity contribution >= 4 is 36.0 Å². The van der Waals surface area contributed by atoms with Gasteiger partial charge in [0.2, 0.25) is 5.91 Å². The van der Waals surface area contributed by atoms with Crippen molar-refractivity contribution in [3.8, 4) is 0 Å². The minimum Gasteiger partial charge on any atom is -0.338 e. The molecule has 1 aliphatic heterocycles. The second kappa shape index (κ2) is 10.2. The average Bonchev–Trinajstić information content (AvgIpc) is 2.64. The van der Waals surface area contributed by atoms with Crippen LogP contribution in [0, 0.1) is 0 Å². The maximum atomic E-state index is 12.8. The molecule has 5 nitrogen and oxygen atoms in total. The van der Waals surface area contributed by atoms with Gasteiger partial charge in [-0.3, -0.25) is 9.59 Å². The van der Waals surface area contributed by atoms with E-state index in [2.05, 4.69) is 0 Å². The van der Waals surface area contributed by atoms with Crippen LogP contribution in [0.5, 0.6) is 0 Å². The molecule has 0 bridgehead atoms. The van der Waals surface area contributed by atoms with Crippen LogP contribution in [0.25, 0.3) is 0 Å².